The number of hydrogen-bond donors (Lipinski definition) is 1. The molecule has 0 unspecified atom stereocenters. The molecule has 2 aromatic rings. The van der Waals surface area contributed by atoms with Crippen LogP contribution in [0, 0.1) is 5.82 Å². The predicted octanol–water partition coefficient (Wildman–Crippen LogP) is 6.14. The molecule has 30 heavy (non-hydrogen) atoms. The Bertz CT molecular complexity index is 1050. The van der Waals surface area contributed by atoms with E-state index in [1.165, 1.54) is 7.11 Å². The van der Waals surface area contributed by atoms with Crippen LogP contribution < -0.4 is 4.74 Å². The fourth-order valence-corrected chi connectivity index (χ4v) is 4.14. The molecule has 1 N–H and O–H groups in total. The Kier molecular flexibility index (Phi) is 5.74. The molecule has 0 aromatic heterocycles. The van der Waals surface area contributed by atoms with Gasteiger partial charge in [0.25, 0.3) is 0 Å². The minimum atomic E-state index is -1.11. The number of ketones is 1. The third-order valence-corrected chi connectivity index (χ3v) is 5.71. The number of carbonyl (C=O) groups is 1. The molecule has 0 amide bonds. The van der Waals surface area contributed by atoms with E-state index in [4.69, 9.17) is 21.1 Å². The Balaban J connectivity index is 2.29. The van der Waals surface area contributed by atoms with Crippen molar-refractivity contribution in [2.75, 3.05) is 7.11 Å². The summed E-state index contributed by atoms with van der Waals surface area (Å²) in [5.74, 6) is -1.08. The third kappa shape index (κ3) is 3.61. The van der Waals surface area contributed by atoms with Gasteiger partial charge in [-0.3, -0.25) is 4.79 Å². The van der Waals surface area contributed by atoms with E-state index in [2.05, 4.69) is 0 Å². The second kappa shape index (κ2) is 7.71. The summed E-state index contributed by atoms with van der Waals surface area (Å²) in [6.45, 7) is 8.76. The maximum absolute atomic E-state index is 15.0. The first-order valence-electron chi connectivity index (χ1n) is 9.79. The van der Waals surface area contributed by atoms with Crippen molar-refractivity contribution in [3.05, 3.63) is 58.1 Å². The second-order valence-corrected chi connectivity index (χ2v) is 8.75. The van der Waals surface area contributed by atoms with Crippen LogP contribution in [0.25, 0.3) is 16.7 Å². The van der Waals surface area contributed by atoms with Crippen molar-refractivity contribution >= 4 is 23.0 Å². The fourth-order valence-electron chi connectivity index (χ4n) is 3.92. The maximum atomic E-state index is 15.0. The highest BCUT2D eigenvalue weighted by molar-refractivity contribution is 6.32. The number of aliphatic hydroxyl groups is 1. The molecule has 0 bridgehead atoms. The molecule has 0 atom stereocenters. The zero-order valence-corrected chi connectivity index (χ0v) is 18.8. The first-order valence-corrected chi connectivity index (χ1v) is 10.2. The zero-order chi connectivity index (χ0) is 22.4. The zero-order valence-electron chi connectivity index (χ0n) is 18.0. The number of aryl methyl sites for hydroxylation is 1. The van der Waals surface area contributed by atoms with Crippen LogP contribution >= 0.6 is 11.6 Å². The number of methoxy groups -OCH3 is 1. The van der Waals surface area contributed by atoms with Crippen LogP contribution in [0.3, 0.4) is 0 Å². The highest BCUT2D eigenvalue weighted by Crippen LogP contribution is 2.42. The monoisotopic (exact) mass is 432 g/mol. The number of Topliss-reactive ketones (excluding diaryl/α,β-unsaturated/α-hetero) is 1. The normalized spacial score (nSPS) is 17.9. The SMILES string of the molecule is CCc1ccc(-c2ccc(Cl)c(OC)c2F)cc1C1=C(O)C(C)(C)OC(C)(C)C1=O. The van der Waals surface area contributed by atoms with E-state index in [0.717, 1.165) is 5.56 Å². The van der Waals surface area contributed by atoms with Gasteiger partial charge in [-0.05, 0) is 69.0 Å². The molecular weight excluding hydrogens is 407 g/mol. The van der Waals surface area contributed by atoms with Gasteiger partial charge in [-0.15, -0.1) is 0 Å². The van der Waals surface area contributed by atoms with Crippen molar-refractivity contribution in [3.8, 4) is 16.9 Å². The molecule has 0 saturated carbocycles. The first-order chi connectivity index (χ1) is 13.9. The van der Waals surface area contributed by atoms with Gasteiger partial charge >= 0.3 is 0 Å². The molecule has 0 saturated heterocycles. The van der Waals surface area contributed by atoms with Crippen LogP contribution in [0.15, 0.2) is 36.1 Å². The van der Waals surface area contributed by atoms with Crippen molar-refractivity contribution in [2.45, 2.75) is 52.2 Å². The van der Waals surface area contributed by atoms with Gasteiger partial charge in [0.1, 0.15) is 17.0 Å². The minimum absolute atomic E-state index is 0.0400. The van der Waals surface area contributed by atoms with Crippen molar-refractivity contribution in [2.24, 2.45) is 0 Å². The Morgan fingerprint density at radius 2 is 1.77 bits per heavy atom. The molecule has 2 aromatic carbocycles. The summed E-state index contributed by atoms with van der Waals surface area (Å²) in [7, 11) is 1.35. The van der Waals surface area contributed by atoms with Crippen LogP contribution in [0.5, 0.6) is 5.75 Å². The summed E-state index contributed by atoms with van der Waals surface area (Å²) in [5.41, 5.74) is 0.321. The molecular formula is C24H26ClFO4. The number of hydrogen-bond acceptors (Lipinski definition) is 4. The lowest BCUT2D eigenvalue weighted by molar-refractivity contribution is -0.158. The smallest absolute Gasteiger partial charge is 0.198 e. The van der Waals surface area contributed by atoms with E-state index in [-0.39, 0.29) is 27.9 Å². The lowest BCUT2D eigenvalue weighted by Crippen LogP contribution is -2.49. The molecule has 6 heteroatoms. The minimum Gasteiger partial charge on any atom is -0.508 e. The van der Waals surface area contributed by atoms with Gasteiger partial charge in [0.15, 0.2) is 17.3 Å². The summed E-state index contributed by atoms with van der Waals surface area (Å²) < 4.78 is 25.9. The van der Waals surface area contributed by atoms with Gasteiger partial charge in [-0.25, -0.2) is 4.39 Å². The number of benzene rings is 2. The Hall–Kier alpha value is -2.37. The van der Waals surface area contributed by atoms with Crippen LogP contribution in [0.2, 0.25) is 5.02 Å². The Morgan fingerprint density at radius 1 is 1.10 bits per heavy atom. The summed E-state index contributed by atoms with van der Waals surface area (Å²) in [5, 5.41) is 11.1. The van der Waals surface area contributed by atoms with Crippen molar-refractivity contribution in [1.29, 1.82) is 0 Å². The molecule has 1 aliphatic rings. The van der Waals surface area contributed by atoms with Crippen LogP contribution in [-0.2, 0) is 16.0 Å². The predicted molar refractivity (Wildman–Crippen MR) is 117 cm³/mol. The fraction of sp³-hybridized carbons (Fsp3) is 0.375. The van der Waals surface area contributed by atoms with E-state index >= 15 is 4.39 Å². The molecule has 0 spiro atoms. The van der Waals surface area contributed by atoms with Gasteiger partial charge in [-0.2, -0.15) is 0 Å². The molecule has 0 fully saturated rings. The number of rotatable bonds is 4. The van der Waals surface area contributed by atoms with E-state index in [1.807, 2.05) is 13.0 Å². The number of carbonyl (C=O) groups excluding carboxylic acids is 1. The molecule has 4 nitrogen and oxygen atoms in total. The average Bonchev–Trinajstić information content (AvgIpc) is 2.66. The number of ether oxygens (including phenoxy) is 2. The second-order valence-electron chi connectivity index (χ2n) is 8.34. The van der Waals surface area contributed by atoms with Gasteiger partial charge in [0, 0.05) is 5.56 Å². The molecule has 1 aliphatic heterocycles. The summed E-state index contributed by atoms with van der Waals surface area (Å²) in [6.07, 6.45) is 0.633. The Morgan fingerprint density at radius 3 is 2.37 bits per heavy atom. The third-order valence-electron chi connectivity index (χ3n) is 5.42. The molecule has 0 aliphatic carbocycles. The van der Waals surface area contributed by atoms with Gasteiger partial charge < -0.3 is 14.6 Å². The molecule has 1 heterocycles. The van der Waals surface area contributed by atoms with Gasteiger partial charge in [0.2, 0.25) is 0 Å². The largest absolute Gasteiger partial charge is 0.508 e. The lowest BCUT2D eigenvalue weighted by atomic mass is 9.80. The highest BCUT2D eigenvalue weighted by atomic mass is 35.5. The average molecular weight is 433 g/mol. The van der Waals surface area contributed by atoms with Gasteiger partial charge in [0.05, 0.1) is 17.7 Å². The van der Waals surface area contributed by atoms with E-state index in [0.29, 0.717) is 23.1 Å². The quantitative estimate of drug-likeness (QED) is 0.630. The standard InChI is InChI=1S/C24H26ClFO4/c1-7-13-8-9-14(15-10-11-17(25)20(29-6)19(15)26)12-16(13)18-21(27)23(2,3)30-24(4,5)22(18)28/h8-12,27H,7H2,1-6H3. The van der Waals surface area contributed by atoms with E-state index in [1.54, 1.807) is 52.0 Å². The van der Waals surface area contributed by atoms with Crippen molar-refractivity contribution in [1.82, 2.24) is 0 Å². The van der Waals surface area contributed by atoms with Crippen LogP contribution in [-0.4, -0.2) is 29.2 Å². The number of aliphatic hydroxyl groups excluding tert-OH is 1. The highest BCUT2D eigenvalue weighted by Gasteiger charge is 2.47. The van der Waals surface area contributed by atoms with E-state index < -0.39 is 17.0 Å². The topological polar surface area (TPSA) is 55.8 Å². The van der Waals surface area contributed by atoms with Gasteiger partial charge in [-0.1, -0.05) is 30.7 Å². The molecule has 0 radical (unpaired) electrons. The lowest BCUT2D eigenvalue weighted by Gasteiger charge is -2.40. The van der Waals surface area contributed by atoms with E-state index in [9.17, 15) is 9.90 Å². The van der Waals surface area contributed by atoms with Crippen LogP contribution in [0.1, 0.15) is 45.7 Å². The molecule has 160 valence electrons. The number of halogens is 2. The van der Waals surface area contributed by atoms with Crippen LogP contribution in [0.4, 0.5) is 4.39 Å². The van der Waals surface area contributed by atoms with Crippen molar-refractivity contribution in [3.63, 3.8) is 0 Å². The Labute approximate surface area is 181 Å². The van der Waals surface area contributed by atoms with Crippen molar-refractivity contribution < 1.29 is 23.8 Å². The summed E-state index contributed by atoms with van der Waals surface area (Å²) in [4.78, 5) is 13.2. The maximum Gasteiger partial charge on any atom is 0.198 e. The first kappa shape index (κ1) is 22.3. The summed E-state index contributed by atoms with van der Waals surface area (Å²) in [6, 6.07) is 8.49. The molecule has 3 rings (SSSR count). The summed E-state index contributed by atoms with van der Waals surface area (Å²) >= 11 is 6.03.